The quantitative estimate of drug-likeness (QED) is 0.457. The topological polar surface area (TPSA) is 30.9 Å². The lowest BCUT2D eigenvalue weighted by molar-refractivity contribution is 0.282. The fraction of sp³-hybridized carbons (Fsp3) is 0.588. The van der Waals surface area contributed by atoms with Crippen LogP contribution in [0.15, 0.2) is 29.3 Å². The van der Waals surface area contributed by atoms with E-state index in [2.05, 4.69) is 51.3 Å². The number of rotatable bonds is 5. The van der Waals surface area contributed by atoms with Crippen molar-refractivity contribution in [3.8, 4) is 0 Å². The average Bonchev–Trinajstić information content (AvgIpc) is 3.27. The summed E-state index contributed by atoms with van der Waals surface area (Å²) in [5, 5.41) is 3.53. The third-order valence-electron chi connectivity index (χ3n) is 4.51. The molecule has 1 aliphatic heterocycles. The van der Waals surface area contributed by atoms with Crippen molar-refractivity contribution in [3.05, 3.63) is 29.8 Å². The van der Waals surface area contributed by atoms with Crippen molar-refractivity contribution >= 4 is 35.6 Å². The number of aliphatic imine (C=N–C) groups is 1. The van der Waals surface area contributed by atoms with Crippen LogP contribution in [0.25, 0.3) is 0 Å². The highest BCUT2D eigenvalue weighted by molar-refractivity contribution is 14.0. The molecule has 2 aliphatic rings. The minimum Gasteiger partial charge on any atom is -0.355 e. The molecule has 3 rings (SSSR count). The molecule has 4 nitrogen and oxygen atoms in total. The van der Waals surface area contributed by atoms with E-state index in [4.69, 9.17) is 0 Å². The van der Waals surface area contributed by atoms with E-state index in [0.29, 0.717) is 0 Å². The summed E-state index contributed by atoms with van der Waals surface area (Å²) in [7, 11) is 1.88. The van der Waals surface area contributed by atoms with Crippen LogP contribution in [0, 0.1) is 0 Å². The lowest BCUT2D eigenvalue weighted by Crippen LogP contribution is -2.44. The second kappa shape index (κ2) is 8.15. The van der Waals surface area contributed by atoms with Crippen molar-refractivity contribution in [1.82, 2.24) is 10.2 Å². The zero-order valence-corrected chi connectivity index (χ0v) is 15.9. The SMILES string of the molecule is CCN(CCNC(=NC)N1CCc2ccccc21)C1CC1.I. The fourth-order valence-corrected chi connectivity index (χ4v) is 3.20. The Balaban J connectivity index is 0.00000176. The van der Waals surface area contributed by atoms with Gasteiger partial charge in [0.2, 0.25) is 0 Å². The number of fused-ring (bicyclic) bond motifs is 1. The molecule has 1 heterocycles. The van der Waals surface area contributed by atoms with Gasteiger partial charge in [-0.2, -0.15) is 0 Å². The van der Waals surface area contributed by atoms with Gasteiger partial charge in [0.1, 0.15) is 0 Å². The van der Waals surface area contributed by atoms with E-state index >= 15 is 0 Å². The van der Waals surface area contributed by atoms with E-state index in [1.54, 1.807) is 0 Å². The average molecular weight is 414 g/mol. The van der Waals surface area contributed by atoms with Gasteiger partial charge in [-0.25, -0.2) is 0 Å². The zero-order valence-electron chi connectivity index (χ0n) is 13.6. The van der Waals surface area contributed by atoms with E-state index < -0.39 is 0 Å². The van der Waals surface area contributed by atoms with Crippen molar-refractivity contribution in [2.75, 3.05) is 38.1 Å². The molecule has 0 bridgehead atoms. The van der Waals surface area contributed by atoms with Crippen LogP contribution in [0.1, 0.15) is 25.3 Å². The van der Waals surface area contributed by atoms with Gasteiger partial charge in [-0.3, -0.25) is 9.89 Å². The van der Waals surface area contributed by atoms with Crippen LogP contribution in [0.2, 0.25) is 0 Å². The van der Waals surface area contributed by atoms with Gasteiger partial charge >= 0.3 is 0 Å². The standard InChI is InChI=1S/C17H26N4.HI/c1-3-20(15-8-9-15)13-11-19-17(18-2)21-12-10-14-6-4-5-7-16(14)21;/h4-7,15H,3,8-13H2,1-2H3,(H,18,19);1H. The first kappa shape index (κ1) is 17.5. The van der Waals surface area contributed by atoms with Gasteiger partial charge in [0, 0.05) is 38.4 Å². The summed E-state index contributed by atoms with van der Waals surface area (Å²) in [6.07, 6.45) is 3.87. The van der Waals surface area contributed by atoms with E-state index in [1.165, 1.54) is 24.1 Å². The van der Waals surface area contributed by atoms with Gasteiger partial charge in [-0.05, 0) is 37.4 Å². The van der Waals surface area contributed by atoms with Crippen LogP contribution < -0.4 is 10.2 Å². The van der Waals surface area contributed by atoms with Crippen LogP contribution in [0.4, 0.5) is 5.69 Å². The maximum absolute atomic E-state index is 4.47. The summed E-state index contributed by atoms with van der Waals surface area (Å²) in [5.74, 6) is 1.01. The van der Waals surface area contributed by atoms with Crippen molar-refractivity contribution < 1.29 is 0 Å². The van der Waals surface area contributed by atoms with Crippen LogP contribution in [-0.2, 0) is 6.42 Å². The Kier molecular flexibility index (Phi) is 6.50. The minimum atomic E-state index is 0. The summed E-state index contributed by atoms with van der Waals surface area (Å²) in [5.41, 5.74) is 2.73. The van der Waals surface area contributed by atoms with Crippen molar-refractivity contribution in [2.24, 2.45) is 4.99 Å². The number of halogens is 1. The number of guanidine groups is 1. The second-order valence-electron chi connectivity index (χ2n) is 5.86. The summed E-state index contributed by atoms with van der Waals surface area (Å²) >= 11 is 0. The minimum absolute atomic E-state index is 0. The number of benzene rings is 1. The molecule has 0 spiro atoms. The molecule has 5 heteroatoms. The maximum atomic E-state index is 4.47. The number of hydrogen-bond acceptors (Lipinski definition) is 2. The molecule has 1 saturated carbocycles. The predicted octanol–water partition coefficient (Wildman–Crippen LogP) is 2.73. The molecule has 1 fully saturated rings. The van der Waals surface area contributed by atoms with E-state index in [1.807, 2.05) is 7.05 Å². The zero-order chi connectivity index (χ0) is 14.7. The number of likely N-dealkylation sites (N-methyl/N-ethyl adjacent to an activating group) is 1. The largest absolute Gasteiger partial charge is 0.355 e. The molecule has 0 amide bonds. The maximum Gasteiger partial charge on any atom is 0.198 e. The van der Waals surface area contributed by atoms with Gasteiger partial charge < -0.3 is 10.2 Å². The molecule has 1 aromatic rings. The number of anilines is 1. The number of nitrogens with one attached hydrogen (secondary N) is 1. The number of para-hydroxylation sites is 1. The Labute approximate surface area is 151 Å². The molecule has 1 aliphatic carbocycles. The highest BCUT2D eigenvalue weighted by atomic mass is 127. The Morgan fingerprint density at radius 1 is 1.36 bits per heavy atom. The van der Waals surface area contributed by atoms with E-state index in [0.717, 1.165) is 44.6 Å². The summed E-state index contributed by atoms with van der Waals surface area (Å²) in [4.78, 5) is 9.34. The van der Waals surface area contributed by atoms with Gasteiger partial charge in [0.25, 0.3) is 0 Å². The van der Waals surface area contributed by atoms with Gasteiger partial charge in [-0.1, -0.05) is 25.1 Å². The smallest absolute Gasteiger partial charge is 0.198 e. The van der Waals surface area contributed by atoms with Crippen LogP contribution in [-0.4, -0.2) is 50.1 Å². The van der Waals surface area contributed by atoms with Gasteiger partial charge in [-0.15, -0.1) is 24.0 Å². The molecule has 0 atom stereocenters. The predicted molar refractivity (Wildman–Crippen MR) is 105 cm³/mol. The van der Waals surface area contributed by atoms with E-state index in [-0.39, 0.29) is 24.0 Å². The number of hydrogen-bond donors (Lipinski definition) is 1. The lowest BCUT2D eigenvalue weighted by Gasteiger charge is -2.25. The Morgan fingerprint density at radius 3 is 2.82 bits per heavy atom. The first-order valence-electron chi connectivity index (χ1n) is 8.13. The molecule has 1 N–H and O–H groups in total. The van der Waals surface area contributed by atoms with Crippen molar-refractivity contribution in [1.29, 1.82) is 0 Å². The van der Waals surface area contributed by atoms with Gasteiger partial charge in [0.05, 0.1) is 0 Å². The summed E-state index contributed by atoms with van der Waals surface area (Å²) in [6, 6.07) is 9.47. The van der Waals surface area contributed by atoms with Crippen molar-refractivity contribution in [3.63, 3.8) is 0 Å². The molecule has 22 heavy (non-hydrogen) atoms. The van der Waals surface area contributed by atoms with Gasteiger partial charge in [0.15, 0.2) is 5.96 Å². The van der Waals surface area contributed by atoms with E-state index in [9.17, 15) is 0 Å². The normalized spacial score (nSPS) is 17.4. The Hall–Kier alpha value is -0.820. The highest BCUT2D eigenvalue weighted by Gasteiger charge is 2.27. The molecule has 122 valence electrons. The molecule has 0 radical (unpaired) electrons. The Morgan fingerprint density at radius 2 is 2.14 bits per heavy atom. The molecule has 1 aromatic carbocycles. The molecular formula is C17H27IN4. The lowest BCUT2D eigenvalue weighted by atomic mass is 10.2. The molecule has 0 saturated heterocycles. The number of nitrogens with zero attached hydrogens (tertiary/aromatic N) is 3. The Bertz CT molecular complexity index is 513. The summed E-state index contributed by atoms with van der Waals surface area (Å²) < 4.78 is 0. The monoisotopic (exact) mass is 414 g/mol. The van der Waals surface area contributed by atoms with Crippen molar-refractivity contribution in [2.45, 2.75) is 32.2 Å². The summed E-state index contributed by atoms with van der Waals surface area (Å²) in [6.45, 7) is 6.51. The van der Waals surface area contributed by atoms with Crippen LogP contribution in [0.5, 0.6) is 0 Å². The van der Waals surface area contributed by atoms with Crippen LogP contribution >= 0.6 is 24.0 Å². The third kappa shape index (κ3) is 3.93. The van der Waals surface area contributed by atoms with Crippen LogP contribution in [0.3, 0.4) is 0 Å². The molecule has 0 unspecified atom stereocenters. The third-order valence-corrected chi connectivity index (χ3v) is 4.51. The first-order chi connectivity index (χ1) is 10.3. The first-order valence-corrected chi connectivity index (χ1v) is 8.13. The second-order valence-corrected chi connectivity index (χ2v) is 5.86. The fourth-order valence-electron chi connectivity index (χ4n) is 3.20. The molecule has 0 aromatic heterocycles. The molecular weight excluding hydrogens is 387 g/mol. The highest BCUT2D eigenvalue weighted by Crippen LogP contribution is 2.27.